The van der Waals surface area contributed by atoms with Crippen LogP contribution in [0, 0.1) is 0 Å². The van der Waals surface area contributed by atoms with E-state index >= 15 is 0 Å². The van der Waals surface area contributed by atoms with Crippen LogP contribution in [0.1, 0.15) is 17.2 Å². The average Bonchev–Trinajstić information content (AvgIpc) is 2.92. The van der Waals surface area contributed by atoms with Crippen LogP contribution < -0.4 is 5.32 Å². The van der Waals surface area contributed by atoms with Crippen molar-refractivity contribution in [1.29, 1.82) is 0 Å². The number of hydrogen-bond acceptors (Lipinski definition) is 3. The molecular weight excluding hydrogens is 226 g/mol. The Balaban J connectivity index is 1.60. The van der Waals surface area contributed by atoms with Crippen molar-refractivity contribution in [3.8, 4) is 0 Å². The van der Waals surface area contributed by atoms with Crippen molar-refractivity contribution in [2.45, 2.75) is 19.2 Å². The van der Waals surface area contributed by atoms with E-state index in [1.54, 1.807) is 6.20 Å². The SMILES string of the molecule is c1ccc2c(c1)COCC2NCCn1cccn1. The second-order valence-corrected chi connectivity index (χ2v) is 4.49. The maximum absolute atomic E-state index is 5.61. The molecule has 0 saturated carbocycles. The van der Waals surface area contributed by atoms with E-state index in [0.29, 0.717) is 6.04 Å². The van der Waals surface area contributed by atoms with Gasteiger partial charge in [-0.15, -0.1) is 0 Å². The Labute approximate surface area is 107 Å². The van der Waals surface area contributed by atoms with Crippen molar-refractivity contribution in [1.82, 2.24) is 15.1 Å². The summed E-state index contributed by atoms with van der Waals surface area (Å²) in [6, 6.07) is 10.7. The molecular formula is C14H17N3O. The molecule has 0 bridgehead atoms. The van der Waals surface area contributed by atoms with Gasteiger partial charge in [-0.05, 0) is 17.2 Å². The van der Waals surface area contributed by atoms with Crippen molar-refractivity contribution >= 4 is 0 Å². The van der Waals surface area contributed by atoms with Gasteiger partial charge in [0.15, 0.2) is 0 Å². The monoisotopic (exact) mass is 243 g/mol. The molecule has 1 N–H and O–H groups in total. The molecule has 2 aromatic rings. The molecule has 94 valence electrons. The third-order valence-corrected chi connectivity index (χ3v) is 3.26. The van der Waals surface area contributed by atoms with Crippen LogP contribution in [-0.4, -0.2) is 22.9 Å². The predicted molar refractivity (Wildman–Crippen MR) is 69.1 cm³/mol. The van der Waals surface area contributed by atoms with E-state index in [0.717, 1.165) is 26.3 Å². The zero-order valence-electron chi connectivity index (χ0n) is 10.2. The smallest absolute Gasteiger partial charge is 0.0721 e. The van der Waals surface area contributed by atoms with Gasteiger partial charge in [-0.2, -0.15) is 5.10 Å². The van der Waals surface area contributed by atoms with E-state index in [1.165, 1.54) is 11.1 Å². The van der Waals surface area contributed by atoms with E-state index in [9.17, 15) is 0 Å². The van der Waals surface area contributed by atoms with Gasteiger partial charge < -0.3 is 10.1 Å². The first kappa shape index (κ1) is 11.4. The summed E-state index contributed by atoms with van der Waals surface area (Å²) in [5.41, 5.74) is 2.66. The zero-order valence-corrected chi connectivity index (χ0v) is 10.2. The topological polar surface area (TPSA) is 39.1 Å². The third kappa shape index (κ3) is 2.44. The van der Waals surface area contributed by atoms with Crippen LogP contribution in [0.4, 0.5) is 0 Å². The fraction of sp³-hybridized carbons (Fsp3) is 0.357. The molecule has 1 aliphatic rings. The highest BCUT2D eigenvalue weighted by molar-refractivity contribution is 5.30. The number of nitrogens with zero attached hydrogens (tertiary/aromatic N) is 2. The molecule has 0 radical (unpaired) electrons. The van der Waals surface area contributed by atoms with E-state index in [4.69, 9.17) is 4.74 Å². The number of nitrogens with one attached hydrogen (secondary N) is 1. The van der Waals surface area contributed by atoms with Crippen molar-refractivity contribution < 1.29 is 4.74 Å². The van der Waals surface area contributed by atoms with Crippen molar-refractivity contribution in [3.63, 3.8) is 0 Å². The Kier molecular flexibility index (Phi) is 3.39. The first-order chi connectivity index (χ1) is 8.93. The molecule has 1 aromatic heterocycles. The van der Waals surface area contributed by atoms with Gasteiger partial charge in [-0.25, -0.2) is 0 Å². The summed E-state index contributed by atoms with van der Waals surface area (Å²) in [7, 11) is 0. The van der Waals surface area contributed by atoms with Gasteiger partial charge in [0.1, 0.15) is 0 Å². The number of aromatic nitrogens is 2. The summed E-state index contributed by atoms with van der Waals surface area (Å²) < 4.78 is 7.54. The molecule has 0 spiro atoms. The molecule has 1 aliphatic heterocycles. The van der Waals surface area contributed by atoms with Crippen LogP contribution in [0.25, 0.3) is 0 Å². The molecule has 4 heteroatoms. The van der Waals surface area contributed by atoms with Crippen molar-refractivity contribution in [2.75, 3.05) is 13.2 Å². The summed E-state index contributed by atoms with van der Waals surface area (Å²) in [4.78, 5) is 0. The molecule has 0 fully saturated rings. The van der Waals surface area contributed by atoms with Gasteiger partial charge in [-0.3, -0.25) is 4.68 Å². The summed E-state index contributed by atoms with van der Waals surface area (Å²) in [5.74, 6) is 0. The van der Waals surface area contributed by atoms with Gasteiger partial charge >= 0.3 is 0 Å². The molecule has 0 aliphatic carbocycles. The quantitative estimate of drug-likeness (QED) is 0.889. The lowest BCUT2D eigenvalue weighted by molar-refractivity contribution is 0.0819. The molecule has 1 unspecified atom stereocenters. The highest BCUT2D eigenvalue weighted by Crippen LogP contribution is 2.23. The average molecular weight is 243 g/mol. The lowest BCUT2D eigenvalue weighted by Gasteiger charge is -2.26. The second-order valence-electron chi connectivity index (χ2n) is 4.49. The zero-order chi connectivity index (χ0) is 12.2. The van der Waals surface area contributed by atoms with Crippen LogP contribution in [-0.2, 0) is 17.9 Å². The van der Waals surface area contributed by atoms with Gasteiger partial charge in [0, 0.05) is 18.9 Å². The fourth-order valence-electron chi connectivity index (χ4n) is 2.34. The maximum atomic E-state index is 5.61. The van der Waals surface area contributed by atoms with Gasteiger partial charge in [0.05, 0.1) is 25.8 Å². The van der Waals surface area contributed by atoms with Gasteiger partial charge in [0.2, 0.25) is 0 Å². The van der Waals surface area contributed by atoms with Crippen molar-refractivity contribution in [2.24, 2.45) is 0 Å². The molecule has 1 aromatic carbocycles. The number of ether oxygens (including phenoxy) is 1. The molecule has 2 heterocycles. The minimum Gasteiger partial charge on any atom is -0.375 e. The molecule has 4 nitrogen and oxygen atoms in total. The van der Waals surface area contributed by atoms with Crippen molar-refractivity contribution in [3.05, 3.63) is 53.9 Å². The largest absolute Gasteiger partial charge is 0.375 e. The molecule has 0 amide bonds. The van der Waals surface area contributed by atoms with Crippen LogP contribution in [0.15, 0.2) is 42.7 Å². The Morgan fingerprint density at radius 1 is 1.33 bits per heavy atom. The maximum Gasteiger partial charge on any atom is 0.0721 e. The third-order valence-electron chi connectivity index (χ3n) is 3.26. The van der Waals surface area contributed by atoms with Gasteiger partial charge in [-0.1, -0.05) is 24.3 Å². The van der Waals surface area contributed by atoms with Crippen LogP contribution >= 0.6 is 0 Å². The van der Waals surface area contributed by atoms with E-state index < -0.39 is 0 Å². The number of hydrogen-bond donors (Lipinski definition) is 1. The first-order valence-electron chi connectivity index (χ1n) is 6.30. The Morgan fingerprint density at radius 2 is 2.28 bits per heavy atom. The van der Waals surface area contributed by atoms with Gasteiger partial charge in [0.25, 0.3) is 0 Å². The molecule has 0 saturated heterocycles. The highest BCUT2D eigenvalue weighted by atomic mass is 16.5. The normalized spacial score (nSPS) is 18.6. The fourth-order valence-corrected chi connectivity index (χ4v) is 2.34. The number of fused-ring (bicyclic) bond motifs is 1. The van der Waals surface area contributed by atoms with E-state index in [1.807, 2.05) is 16.9 Å². The minimum absolute atomic E-state index is 0.297. The predicted octanol–water partition coefficient (Wildman–Crippen LogP) is 1.74. The van der Waals surface area contributed by atoms with E-state index in [2.05, 4.69) is 34.7 Å². The number of rotatable bonds is 4. The van der Waals surface area contributed by atoms with E-state index in [-0.39, 0.29) is 0 Å². The Hall–Kier alpha value is -1.65. The van der Waals surface area contributed by atoms with Crippen LogP contribution in [0.2, 0.25) is 0 Å². The Morgan fingerprint density at radius 3 is 3.17 bits per heavy atom. The number of benzene rings is 1. The standard InChI is InChI=1S/C14H17N3O/c1-2-5-13-12(4-1)10-18-11-14(13)15-7-9-17-8-3-6-16-17/h1-6,8,14-15H,7,9-11H2. The molecule has 1 atom stereocenters. The van der Waals surface area contributed by atoms with Crippen LogP contribution in [0.5, 0.6) is 0 Å². The summed E-state index contributed by atoms with van der Waals surface area (Å²) in [6.07, 6.45) is 3.78. The molecule has 3 rings (SSSR count). The summed E-state index contributed by atoms with van der Waals surface area (Å²) in [5, 5.41) is 7.72. The molecule has 18 heavy (non-hydrogen) atoms. The van der Waals surface area contributed by atoms with Crippen LogP contribution in [0.3, 0.4) is 0 Å². The first-order valence-corrected chi connectivity index (χ1v) is 6.30. The lowest BCUT2D eigenvalue weighted by Crippen LogP contribution is -2.32. The lowest BCUT2D eigenvalue weighted by atomic mass is 9.99. The highest BCUT2D eigenvalue weighted by Gasteiger charge is 2.19. The minimum atomic E-state index is 0.297. The summed E-state index contributed by atoms with van der Waals surface area (Å²) >= 11 is 0. The second kappa shape index (κ2) is 5.33. The Bertz CT molecular complexity index is 496. The summed E-state index contributed by atoms with van der Waals surface area (Å²) in [6.45, 7) is 3.25.